The van der Waals surface area contributed by atoms with Gasteiger partial charge in [-0.25, -0.2) is 9.78 Å². The van der Waals surface area contributed by atoms with E-state index in [1.807, 2.05) is 43.0 Å². The topological polar surface area (TPSA) is 74.8 Å². The van der Waals surface area contributed by atoms with Crippen LogP contribution in [0.3, 0.4) is 0 Å². The molecule has 2 fully saturated rings. The molecule has 36 heavy (non-hydrogen) atoms. The highest BCUT2D eigenvalue weighted by atomic mass is 19.3. The van der Waals surface area contributed by atoms with Crippen LogP contribution in [0.1, 0.15) is 64.6 Å². The predicted molar refractivity (Wildman–Crippen MR) is 137 cm³/mol. The standard InChI is InChI=1S/C25H30F2N4O3.C2H6/c1-15(2)19-7-5-6-8-21(19)31(18-11-25(12-18)13-30(14-25)17(4)32)24(33)29-20-10-9-16(3)28-22(20)34-23(26)27;1-2/h5-10,15,18,23H,11-14H2,1-4H3,(H,29,33);1-2H3. The number of ether oxygens (including phenoxy) is 1. The quantitative estimate of drug-likeness (QED) is 0.511. The minimum Gasteiger partial charge on any atom is -0.415 e. The minimum atomic E-state index is -3.06. The molecule has 4 rings (SSSR count). The SMILES string of the molecule is CC.CC(=O)N1CC2(CC(N(C(=O)Nc3ccc(C)nc3OC(F)F)c3ccccc3C(C)C)C2)C1. The molecular formula is C27H36F2N4O3. The number of para-hydroxylation sites is 1. The van der Waals surface area contributed by atoms with Crippen molar-refractivity contribution in [3.05, 3.63) is 47.7 Å². The fraction of sp³-hybridized carbons (Fsp3) is 0.519. The van der Waals surface area contributed by atoms with E-state index in [4.69, 9.17) is 0 Å². The molecular weight excluding hydrogens is 466 g/mol. The van der Waals surface area contributed by atoms with E-state index < -0.39 is 12.6 Å². The third kappa shape index (κ3) is 5.77. The van der Waals surface area contributed by atoms with Gasteiger partial charge in [0.05, 0.1) is 0 Å². The molecule has 2 aliphatic rings. The molecule has 1 N–H and O–H groups in total. The van der Waals surface area contributed by atoms with Gasteiger partial charge >= 0.3 is 12.6 Å². The molecule has 1 saturated heterocycles. The molecule has 1 aromatic carbocycles. The third-order valence-electron chi connectivity index (χ3n) is 6.68. The predicted octanol–water partition coefficient (Wildman–Crippen LogP) is 6.19. The number of carbonyl (C=O) groups is 2. The number of aromatic nitrogens is 1. The van der Waals surface area contributed by atoms with E-state index >= 15 is 0 Å². The number of likely N-dealkylation sites (tertiary alicyclic amines) is 1. The summed E-state index contributed by atoms with van der Waals surface area (Å²) in [6.45, 7) is 9.70. The summed E-state index contributed by atoms with van der Waals surface area (Å²) in [5, 5.41) is 2.75. The summed E-state index contributed by atoms with van der Waals surface area (Å²) in [4.78, 5) is 32.8. The summed E-state index contributed by atoms with van der Waals surface area (Å²) in [6, 6.07) is 10.4. The lowest BCUT2D eigenvalue weighted by Gasteiger charge is -2.60. The fourth-order valence-electron chi connectivity index (χ4n) is 5.01. The number of alkyl halides is 2. The van der Waals surface area contributed by atoms with Crippen molar-refractivity contribution in [1.82, 2.24) is 9.88 Å². The van der Waals surface area contributed by atoms with E-state index in [0.29, 0.717) is 18.8 Å². The molecule has 1 saturated carbocycles. The summed E-state index contributed by atoms with van der Waals surface area (Å²) in [7, 11) is 0. The monoisotopic (exact) mass is 502 g/mol. The number of carbonyl (C=O) groups excluding carboxylic acids is 2. The molecule has 1 spiro atoms. The Kier molecular flexibility index (Phi) is 8.53. The number of halogens is 2. The fourth-order valence-corrected chi connectivity index (χ4v) is 5.01. The van der Waals surface area contributed by atoms with Crippen LogP contribution in [0.25, 0.3) is 0 Å². The van der Waals surface area contributed by atoms with Crippen LogP contribution in [0.15, 0.2) is 36.4 Å². The normalized spacial score (nSPS) is 16.1. The Morgan fingerprint density at radius 3 is 2.36 bits per heavy atom. The van der Waals surface area contributed by atoms with Crippen LogP contribution in [0.2, 0.25) is 0 Å². The van der Waals surface area contributed by atoms with Crippen molar-refractivity contribution in [3.8, 4) is 5.88 Å². The number of urea groups is 1. The van der Waals surface area contributed by atoms with E-state index in [0.717, 1.165) is 24.1 Å². The zero-order chi connectivity index (χ0) is 26.6. The average Bonchev–Trinajstić information content (AvgIpc) is 2.77. The van der Waals surface area contributed by atoms with Gasteiger partial charge in [-0.05, 0) is 49.4 Å². The second kappa shape index (κ2) is 11.2. The van der Waals surface area contributed by atoms with Crippen LogP contribution in [0.5, 0.6) is 5.88 Å². The highest BCUT2D eigenvalue weighted by Crippen LogP contribution is 2.51. The van der Waals surface area contributed by atoms with Gasteiger partial charge in [-0.15, -0.1) is 0 Å². The smallest absolute Gasteiger partial charge is 0.388 e. The van der Waals surface area contributed by atoms with Crippen molar-refractivity contribution < 1.29 is 23.1 Å². The maximum atomic E-state index is 13.6. The molecule has 0 bridgehead atoms. The Balaban J connectivity index is 0.00000176. The highest BCUT2D eigenvalue weighted by Gasteiger charge is 2.55. The number of nitrogens with one attached hydrogen (secondary N) is 1. The first-order valence-corrected chi connectivity index (χ1v) is 12.5. The Hall–Kier alpha value is -3.23. The van der Waals surface area contributed by atoms with Gasteiger partial charge in [0.1, 0.15) is 5.69 Å². The van der Waals surface area contributed by atoms with Gasteiger partial charge < -0.3 is 15.0 Å². The number of hydrogen-bond acceptors (Lipinski definition) is 4. The Labute approximate surface area is 211 Å². The van der Waals surface area contributed by atoms with Crippen molar-refractivity contribution >= 4 is 23.3 Å². The van der Waals surface area contributed by atoms with Crippen molar-refractivity contribution in [2.75, 3.05) is 23.3 Å². The second-order valence-electron chi connectivity index (χ2n) is 9.63. The summed E-state index contributed by atoms with van der Waals surface area (Å²) in [5.74, 6) is -0.0786. The van der Waals surface area contributed by atoms with Crippen molar-refractivity contribution in [2.45, 2.75) is 73.0 Å². The second-order valence-corrected chi connectivity index (χ2v) is 9.63. The molecule has 7 nitrogen and oxygen atoms in total. The summed E-state index contributed by atoms with van der Waals surface area (Å²) in [6.07, 6.45) is 1.53. The van der Waals surface area contributed by atoms with Gasteiger partial charge in [0.25, 0.3) is 0 Å². The van der Waals surface area contributed by atoms with E-state index in [1.54, 1.807) is 24.8 Å². The van der Waals surface area contributed by atoms with Crippen LogP contribution in [-0.2, 0) is 4.79 Å². The number of amides is 3. The molecule has 9 heteroatoms. The number of rotatable bonds is 6. The Bertz CT molecular complexity index is 1080. The highest BCUT2D eigenvalue weighted by molar-refractivity contribution is 6.03. The third-order valence-corrected chi connectivity index (χ3v) is 6.68. The zero-order valence-electron chi connectivity index (χ0n) is 21.8. The first-order chi connectivity index (χ1) is 17.1. The van der Waals surface area contributed by atoms with Crippen LogP contribution < -0.4 is 15.0 Å². The van der Waals surface area contributed by atoms with E-state index in [9.17, 15) is 18.4 Å². The van der Waals surface area contributed by atoms with Gasteiger partial charge in [0.15, 0.2) is 0 Å². The molecule has 0 atom stereocenters. The van der Waals surface area contributed by atoms with Crippen molar-refractivity contribution in [1.29, 1.82) is 0 Å². The number of hydrogen-bond donors (Lipinski definition) is 1. The molecule has 1 aliphatic carbocycles. The van der Waals surface area contributed by atoms with Crippen LogP contribution in [0.4, 0.5) is 25.0 Å². The lowest BCUT2D eigenvalue weighted by Crippen LogP contribution is -2.68. The van der Waals surface area contributed by atoms with E-state index in [1.165, 1.54) is 6.07 Å². The lowest BCUT2D eigenvalue weighted by atomic mass is 9.60. The maximum absolute atomic E-state index is 13.6. The zero-order valence-corrected chi connectivity index (χ0v) is 21.8. The maximum Gasteiger partial charge on any atom is 0.388 e. The first-order valence-electron chi connectivity index (χ1n) is 12.5. The summed E-state index contributed by atoms with van der Waals surface area (Å²) >= 11 is 0. The Morgan fingerprint density at radius 2 is 1.78 bits per heavy atom. The van der Waals surface area contributed by atoms with Gasteiger partial charge in [0.2, 0.25) is 11.8 Å². The molecule has 0 unspecified atom stereocenters. The van der Waals surface area contributed by atoms with E-state index in [2.05, 4.69) is 28.9 Å². The molecule has 0 radical (unpaired) electrons. The molecule has 1 aromatic heterocycles. The Morgan fingerprint density at radius 1 is 1.14 bits per heavy atom. The molecule has 2 heterocycles. The summed E-state index contributed by atoms with van der Waals surface area (Å²) < 4.78 is 30.4. The number of benzene rings is 1. The van der Waals surface area contributed by atoms with Crippen LogP contribution >= 0.6 is 0 Å². The molecule has 2 aromatic rings. The first kappa shape index (κ1) is 27.4. The number of aryl methyl sites for hydroxylation is 1. The van der Waals surface area contributed by atoms with Crippen molar-refractivity contribution in [3.63, 3.8) is 0 Å². The van der Waals surface area contributed by atoms with Crippen LogP contribution in [0, 0.1) is 12.3 Å². The minimum absolute atomic E-state index is 0.0387. The van der Waals surface area contributed by atoms with Crippen molar-refractivity contribution in [2.24, 2.45) is 5.41 Å². The number of anilines is 2. The van der Waals surface area contributed by atoms with Gasteiger partial charge in [-0.3, -0.25) is 9.69 Å². The number of nitrogens with zero attached hydrogens (tertiary/aromatic N) is 3. The number of pyridine rings is 1. The van der Waals surface area contributed by atoms with Crippen LogP contribution in [-0.4, -0.2) is 47.6 Å². The van der Waals surface area contributed by atoms with Gasteiger partial charge in [-0.1, -0.05) is 45.9 Å². The molecule has 3 amide bonds. The van der Waals surface area contributed by atoms with Gasteiger partial charge in [0, 0.05) is 42.9 Å². The molecule has 196 valence electrons. The summed E-state index contributed by atoms with van der Waals surface area (Å²) in [5.41, 5.74) is 2.43. The lowest BCUT2D eigenvalue weighted by molar-refractivity contribution is -0.148. The van der Waals surface area contributed by atoms with Gasteiger partial charge in [-0.2, -0.15) is 8.78 Å². The largest absolute Gasteiger partial charge is 0.415 e. The molecule has 1 aliphatic heterocycles. The van der Waals surface area contributed by atoms with E-state index in [-0.39, 0.29) is 34.8 Å². The average molecular weight is 503 g/mol.